The fourth-order valence-corrected chi connectivity index (χ4v) is 4.19. The Balaban J connectivity index is 1.75. The molecule has 26 heavy (non-hydrogen) atoms. The molecule has 0 amide bonds. The first kappa shape index (κ1) is 18.4. The van der Waals surface area contributed by atoms with Crippen LogP contribution in [0.5, 0.6) is 0 Å². The number of non-ortho nitro benzene ring substituents is 1. The molecule has 1 unspecified atom stereocenters. The number of nitro groups is 1. The molecule has 0 aromatic heterocycles. The molecule has 138 valence electrons. The molecule has 1 aromatic carbocycles. The van der Waals surface area contributed by atoms with Gasteiger partial charge >= 0.3 is 5.97 Å². The molecule has 0 bridgehead atoms. The number of aliphatic imine (C=N–C) groups is 1. The number of nitrogens with zero attached hydrogens (tertiary/aromatic N) is 3. The second-order valence-corrected chi connectivity index (χ2v) is 6.99. The van der Waals surface area contributed by atoms with Crippen LogP contribution in [0.1, 0.15) is 12.0 Å². The van der Waals surface area contributed by atoms with Gasteiger partial charge in [-0.15, -0.1) is 11.8 Å². The number of nitro benzene ring substituents is 1. The summed E-state index contributed by atoms with van der Waals surface area (Å²) in [7, 11) is 1.42. The Morgan fingerprint density at radius 1 is 1.42 bits per heavy atom. The van der Waals surface area contributed by atoms with Gasteiger partial charge in [0.2, 0.25) is 0 Å². The lowest BCUT2D eigenvalue weighted by Crippen LogP contribution is -2.28. The van der Waals surface area contributed by atoms with Crippen molar-refractivity contribution in [1.29, 1.82) is 0 Å². The fourth-order valence-electron chi connectivity index (χ4n) is 3.49. The van der Waals surface area contributed by atoms with E-state index in [0.29, 0.717) is 6.54 Å². The Labute approximate surface area is 156 Å². The van der Waals surface area contributed by atoms with Gasteiger partial charge in [0.25, 0.3) is 5.69 Å². The maximum Gasteiger partial charge on any atom is 0.315 e. The van der Waals surface area contributed by atoms with Gasteiger partial charge in [0.15, 0.2) is 0 Å². The van der Waals surface area contributed by atoms with E-state index in [-0.39, 0.29) is 17.6 Å². The maximum atomic E-state index is 12.2. The number of hydrogen-bond donors (Lipinski definition) is 0. The highest BCUT2D eigenvalue weighted by molar-refractivity contribution is 8.13. The van der Waals surface area contributed by atoms with Crippen LogP contribution >= 0.6 is 11.8 Å². The van der Waals surface area contributed by atoms with Crippen molar-refractivity contribution in [3.8, 4) is 0 Å². The molecule has 7 nitrogen and oxygen atoms in total. The number of rotatable bonds is 5. The highest BCUT2D eigenvalue weighted by atomic mass is 32.2. The minimum Gasteiger partial charge on any atom is -0.468 e. The normalized spacial score (nSPS) is 19.2. The van der Waals surface area contributed by atoms with Gasteiger partial charge in [-0.2, -0.15) is 0 Å². The molecule has 1 aromatic rings. The predicted octanol–water partition coefficient (Wildman–Crippen LogP) is 2.66. The summed E-state index contributed by atoms with van der Waals surface area (Å²) in [5, 5.41) is 11.7. The lowest BCUT2D eigenvalue weighted by Gasteiger charge is -2.24. The van der Waals surface area contributed by atoms with Crippen molar-refractivity contribution in [3.63, 3.8) is 0 Å². The van der Waals surface area contributed by atoms with Crippen LogP contribution in [0.15, 0.2) is 40.5 Å². The SMILES string of the molecule is COC(=O)C1CN(CCc2ccc([N+](=O)[O-])cc2)C2=C1C(SC)=NCC2. The summed E-state index contributed by atoms with van der Waals surface area (Å²) in [4.78, 5) is 29.4. The van der Waals surface area contributed by atoms with Gasteiger partial charge in [0.05, 0.1) is 17.1 Å². The van der Waals surface area contributed by atoms with Crippen molar-refractivity contribution in [2.24, 2.45) is 10.9 Å². The Bertz CT molecular complexity index is 773. The van der Waals surface area contributed by atoms with E-state index in [1.165, 1.54) is 24.9 Å². The van der Waals surface area contributed by atoms with E-state index in [4.69, 9.17) is 4.74 Å². The number of benzene rings is 1. The lowest BCUT2D eigenvalue weighted by atomic mass is 9.99. The first-order valence-electron chi connectivity index (χ1n) is 8.43. The fraction of sp³-hybridized carbons (Fsp3) is 0.444. The molecule has 0 saturated heterocycles. The largest absolute Gasteiger partial charge is 0.468 e. The zero-order valence-corrected chi connectivity index (χ0v) is 15.6. The molecule has 0 aliphatic carbocycles. The van der Waals surface area contributed by atoms with Crippen LogP contribution in [-0.4, -0.2) is 53.8 Å². The van der Waals surface area contributed by atoms with Gasteiger partial charge in [-0.1, -0.05) is 12.1 Å². The summed E-state index contributed by atoms with van der Waals surface area (Å²) in [5.41, 5.74) is 3.33. The Hall–Kier alpha value is -2.35. The van der Waals surface area contributed by atoms with E-state index in [9.17, 15) is 14.9 Å². The molecule has 2 aliphatic rings. The zero-order chi connectivity index (χ0) is 18.7. The molecular formula is C18H21N3O4S. The van der Waals surface area contributed by atoms with Crippen LogP contribution in [0.3, 0.4) is 0 Å². The van der Waals surface area contributed by atoms with E-state index in [0.717, 1.165) is 42.1 Å². The van der Waals surface area contributed by atoms with Crippen LogP contribution in [0.4, 0.5) is 5.69 Å². The van der Waals surface area contributed by atoms with Gasteiger partial charge < -0.3 is 9.64 Å². The highest BCUT2D eigenvalue weighted by Gasteiger charge is 2.39. The molecule has 0 saturated carbocycles. The average Bonchev–Trinajstić information content (AvgIpc) is 3.05. The molecule has 1 atom stereocenters. The van der Waals surface area contributed by atoms with Crippen molar-refractivity contribution >= 4 is 28.5 Å². The Kier molecular flexibility index (Phi) is 5.61. The quantitative estimate of drug-likeness (QED) is 0.447. The van der Waals surface area contributed by atoms with Gasteiger partial charge in [0.1, 0.15) is 5.92 Å². The zero-order valence-electron chi connectivity index (χ0n) is 14.8. The van der Waals surface area contributed by atoms with Crippen LogP contribution in [0.25, 0.3) is 0 Å². The molecule has 2 aliphatic heterocycles. The van der Waals surface area contributed by atoms with E-state index in [1.807, 2.05) is 6.26 Å². The summed E-state index contributed by atoms with van der Waals surface area (Å²) in [6.45, 7) is 2.09. The number of thioether (sulfide) groups is 1. The molecule has 0 fully saturated rings. The van der Waals surface area contributed by atoms with Crippen LogP contribution in [0.2, 0.25) is 0 Å². The summed E-state index contributed by atoms with van der Waals surface area (Å²) >= 11 is 1.57. The number of ether oxygens (including phenoxy) is 1. The third-order valence-electron chi connectivity index (χ3n) is 4.78. The van der Waals surface area contributed by atoms with E-state index in [2.05, 4.69) is 9.89 Å². The summed E-state index contributed by atoms with van der Waals surface area (Å²) in [6, 6.07) is 6.63. The molecular weight excluding hydrogens is 354 g/mol. The van der Waals surface area contributed by atoms with Crippen LogP contribution in [0, 0.1) is 16.0 Å². The first-order valence-corrected chi connectivity index (χ1v) is 9.65. The number of methoxy groups -OCH3 is 1. The molecule has 8 heteroatoms. The summed E-state index contributed by atoms with van der Waals surface area (Å²) in [5.74, 6) is -0.516. The van der Waals surface area contributed by atoms with Crippen LogP contribution in [-0.2, 0) is 16.0 Å². The minimum absolute atomic E-state index is 0.0961. The van der Waals surface area contributed by atoms with Gasteiger partial charge in [-0.05, 0) is 18.2 Å². The van der Waals surface area contributed by atoms with Crippen molar-refractivity contribution in [3.05, 3.63) is 51.2 Å². The van der Waals surface area contributed by atoms with Gasteiger partial charge in [0, 0.05) is 49.5 Å². The second kappa shape index (κ2) is 7.90. The summed E-state index contributed by atoms with van der Waals surface area (Å²) in [6.07, 6.45) is 3.56. The molecule has 0 radical (unpaired) electrons. The van der Waals surface area contributed by atoms with Crippen molar-refractivity contribution in [1.82, 2.24) is 4.90 Å². The number of carbonyl (C=O) groups excluding carboxylic acids is 1. The van der Waals surface area contributed by atoms with Gasteiger partial charge in [-0.25, -0.2) is 0 Å². The third kappa shape index (κ3) is 3.60. The van der Waals surface area contributed by atoms with Gasteiger partial charge in [-0.3, -0.25) is 19.9 Å². The lowest BCUT2D eigenvalue weighted by molar-refractivity contribution is -0.384. The van der Waals surface area contributed by atoms with Crippen LogP contribution < -0.4 is 0 Å². The van der Waals surface area contributed by atoms with E-state index < -0.39 is 4.92 Å². The van der Waals surface area contributed by atoms with Crippen molar-refractivity contribution in [2.75, 3.05) is 33.0 Å². The average molecular weight is 375 g/mol. The van der Waals surface area contributed by atoms with E-state index >= 15 is 0 Å². The third-order valence-corrected chi connectivity index (χ3v) is 5.51. The predicted molar refractivity (Wildman–Crippen MR) is 101 cm³/mol. The standard InChI is InChI=1S/C18H21N3O4S/c1-25-18(22)14-11-20(15-7-9-19-17(26-2)16(14)15)10-8-12-3-5-13(6-4-12)21(23)24/h3-6,14H,7-11H2,1-2H3. The van der Waals surface area contributed by atoms with Crippen molar-refractivity contribution < 1.29 is 14.5 Å². The molecule has 2 heterocycles. The number of esters is 1. The summed E-state index contributed by atoms with van der Waals surface area (Å²) < 4.78 is 4.99. The first-order chi connectivity index (χ1) is 12.5. The molecule has 0 spiro atoms. The monoisotopic (exact) mass is 375 g/mol. The Morgan fingerprint density at radius 2 is 2.15 bits per heavy atom. The van der Waals surface area contributed by atoms with Crippen molar-refractivity contribution in [2.45, 2.75) is 12.8 Å². The van der Waals surface area contributed by atoms with E-state index in [1.54, 1.807) is 23.9 Å². The highest BCUT2D eigenvalue weighted by Crippen LogP contribution is 2.37. The number of carbonyl (C=O) groups is 1. The molecule has 0 N–H and O–H groups in total. The smallest absolute Gasteiger partial charge is 0.315 e. The second-order valence-electron chi connectivity index (χ2n) is 6.20. The molecule has 3 rings (SSSR count). The number of dihydropyridines is 1. The Morgan fingerprint density at radius 3 is 2.77 bits per heavy atom. The minimum atomic E-state index is -0.395. The number of hydrogen-bond acceptors (Lipinski definition) is 7. The maximum absolute atomic E-state index is 12.2. The topological polar surface area (TPSA) is 85.0 Å².